The first kappa shape index (κ1) is 17.2. The maximum absolute atomic E-state index is 13.4. The van der Waals surface area contributed by atoms with Gasteiger partial charge in [0.2, 0.25) is 10.0 Å². The fourth-order valence-electron chi connectivity index (χ4n) is 2.79. The minimum atomic E-state index is -3.60. The first-order valence-corrected chi connectivity index (χ1v) is 9.46. The van der Waals surface area contributed by atoms with Crippen LogP contribution in [0.25, 0.3) is 0 Å². The van der Waals surface area contributed by atoms with Gasteiger partial charge >= 0.3 is 0 Å². The van der Waals surface area contributed by atoms with Crippen LogP contribution in [0.2, 0.25) is 5.02 Å². The van der Waals surface area contributed by atoms with Crippen LogP contribution >= 0.6 is 11.6 Å². The maximum atomic E-state index is 13.4. The number of anilines is 1. The third-order valence-electron chi connectivity index (χ3n) is 4.18. The molecule has 0 saturated carbocycles. The second-order valence-electron chi connectivity index (χ2n) is 5.78. The summed E-state index contributed by atoms with van der Waals surface area (Å²) in [5, 5.41) is 0.657. The fraction of sp³-hybridized carbons (Fsp3) is 0.294. The van der Waals surface area contributed by atoms with Crippen LogP contribution in [0.15, 0.2) is 47.4 Å². The van der Waals surface area contributed by atoms with Gasteiger partial charge in [-0.3, -0.25) is 0 Å². The molecule has 0 unspecified atom stereocenters. The van der Waals surface area contributed by atoms with Gasteiger partial charge in [-0.2, -0.15) is 4.31 Å². The highest BCUT2D eigenvalue weighted by Gasteiger charge is 2.29. The van der Waals surface area contributed by atoms with Crippen molar-refractivity contribution in [2.45, 2.75) is 11.8 Å². The van der Waals surface area contributed by atoms with Gasteiger partial charge in [-0.25, -0.2) is 12.8 Å². The molecule has 0 amide bonds. The molecule has 0 spiro atoms. The second kappa shape index (κ2) is 6.70. The molecule has 1 fully saturated rings. The minimum Gasteiger partial charge on any atom is -0.369 e. The molecule has 0 aliphatic carbocycles. The van der Waals surface area contributed by atoms with E-state index >= 15 is 0 Å². The molecule has 24 heavy (non-hydrogen) atoms. The highest BCUT2D eigenvalue weighted by atomic mass is 35.5. The Kier molecular flexibility index (Phi) is 4.80. The van der Waals surface area contributed by atoms with Crippen LogP contribution in [-0.4, -0.2) is 38.9 Å². The lowest BCUT2D eigenvalue weighted by Gasteiger charge is -2.35. The van der Waals surface area contributed by atoms with Crippen LogP contribution < -0.4 is 4.90 Å². The lowest BCUT2D eigenvalue weighted by Crippen LogP contribution is -2.48. The largest absolute Gasteiger partial charge is 0.369 e. The summed E-state index contributed by atoms with van der Waals surface area (Å²) >= 11 is 6.01. The molecule has 1 heterocycles. The Balaban J connectivity index is 1.74. The van der Waals surface area contributed by atoms with E-state index in [1.54, 1.807) is 6.92 Å². The predicted octanol–water partition coefficient (Wildman–Crippen LogP) is 3.30. The average Bonchev–Trinajstić information content (AvgIpc) is 2.57. The van der Waals surface area contributed by atoms with Gasteiger partial charge in [-0.05, 0) is 48.9 Å². The summed E-state index contributed by atoms with van der Waals surface area (Å²) in [4.78, 5) is 2.24. The zero-order valence-electron chi connectivity index (χ0n) is 13.2. The van der Waals surface area contributed by atoms with Gasteiger partial charge in [0.1, 0.15) is 5.82 Å². The number of benzene rings is 2. The molecule has 0 N–H and O–H groups in total. The third kappa shape index (κ3) is 3.41. The maximum Gasteiger partial charge on any atom is 0.243 e. The molecule has 4 nitrogen and oxygen atoms in total. The van der Waals surface area contributed by atoms with E-state index in [9.17, 15) is 12.8 Å². The monoisotopic (exact) mass is 368 g/mol. The van der Waals surface area contributed by atoms with Gasteiger partial charge in [0.05, 0.1) is 4.90 Å². The highest BCUT2D eigenvalue weighted by molar-refractivity contribution is 7.89. The van der Waals surface area contributed by atoms with E-state index in [0.29, 0.717) is 36.8 Å². The Labute approximate surface area is 146 Å². The van der Waals surface area contributed by atoms with Gasteiger partial charge in [0, 0.05) is 36.9 Å². The van der Waals surface area contributed by atoms with E-state index in [2.05, 4.69) is 4.90 Å². The van der Waals surface area contributed by atoms with Crippen molar-refractivity contribution in [2.75, 3.05) is 31.1 Å². The summed E-state index contributed by atoms with van der Waals surface area (Å²) in [5.74, 6) is -0.403. The Morgan fingerprint density at radius 3 is 2.38 bits per heavy atom. The van der Waals surface area contributed by atoms with Crippen molar-refractivity contribution >= 4 is 27.3 Å². The van der Waals surface area contributed by atoms with Gasteiger partial charge in [0.25, 0.3) is 0 Å². The molecule has 1 aliphatic rings. The number of halogens is 2. The van der Waals surface area contributed by atoms with E-state index in [1.807, 2.05) is 24.3 Å². The number of hydrogen-bond donors (Lipinski definition) is 0. The van der Waals surface area contributed by atoms with Crippen molar-refractivity contribution in [3.8, 4) is 0 Å². The van der Waals surface area contributed by atoms with Crippen molar-refractivity contribution in [3.05, 3.63) is 58.9 Å². The predicted molar refractivity (Wildman–Crippen MR) is 93.6 cm³/mol. The number of piperazine rings is 1. The zero-order chi connectivity index (χ0) is 17.3. The topological polar surface area (TPSA) is 40.6 Å². The summed E-state index contributed by atoms with van der Waals surface area (Å²) in [7, 11) is -3.60. The summed E-state index contributed by atoms with van der Waals surface area (Å²) in [6.45, 7) is 3.49. The van der Waals surface area contributed by atoms with Crippen LogP contribution in [0.5, 0.6) is 0 Å². The molecule has 7 heteroatoms. The first-order chi connectivity index (χ1) is 11.4. The Morgan fingerprint density at radius 1 is 1.04 bits per heavy atom. The second-order valence-corrected chi connectivity index (χ2v) is 8.16. The number of rotatable bonds is 3. The fourth-order valence-corrected chi connectivity index (χ4v) is 4.48. The summed E-state index contributed by atoms with van der Waals surface area (Å²) in [6.07, 6.45) is 0. The molecule has 0 bridgehead atoms. The molecular weight excluding hydrogens is 351 g/mol. The minimum absolute atomic E-state index is 0.137. The van der Waals surface area contributed by atoms with Crippen molar-refractivity contribution in [2.24, 2.45) is 0 Å². The molecule has 1 saturated heterocycles. The Hall–Kier alpha value is -1.63. The van der Waals surface area contributed by atoms with Crippen molar-refractivity contribution in [3.63, 3.8) is 0 Å². The van der Waals surface area contributed by atoms with Crippen molar-refractivity contribution in [1.82, 2.24) is 4.31 Å². The van der Waals surface area contributed by atoms with E-state index in [-0.39, 0.29) is 4.90 Å². The Morgan fingerprint density at radius 2 is 1.75 bits per heavy atom. The average molecular weight is 369 g/mol. The number of hydrogen-bond acceptors (Lipinski definition) is 3. The number of aryl methyl sites for hydroxylation is 1. The van der Waals surface area contributed by atoms with Crippen molar-refractivity contribution < 1.29 is 12.8 Å². The molecule has 3 rings (SSSR count). The Bertz CT molecular complexity index is 849. The van der Waals surface area contributed by atoms with E-state index in [0.717, 1.165) is 5.69 Å². The van der Waals surface area contributed by atoms with Gasteiger partial charge < -0.3 is 4.90 Å². The van der Waals surface area contributed by atoms with Crippen LogP contribution in [0.1, 0.15) is 5.56 Å². The van der Waals surface area contributed by atoms with E-state index in [1.165, 1.54) is 22.5 Å². The lowest BCUT2D eigenvalue weighted by atomic mass is 10.2. The summed E-state index contributed by atoms with van der Waals surface area (Å²) in [5.41, 5.74) is 1.31. The van der Waals surface area contributed by atoms with Gasteiger partial charge in [-0.1, -0.05) is 17.7 Å². The van der Waals surface area contributed by atoms with Crippen LogP contribution in [-0.2, 0) is 10.0 Å². The molecule has 0 radical (unpaired) electrons. The van der Waals surface area contributed by atoms with E-state index in [4.69, 9.17) is 11.6 Å². The number of nitrogens with zero attached hydrogens (tertiary/aromatic N) is 2. The van der Waals surface area contributed by atoms with Crippen LogP contribution in [0.3, 0.4) is 0 Å². The molecule has 2 aromatic carbocycles. The lowest BCUT2D eigenvalue weighted by molar-refractivity contribution is 0.385. The number of sulfonamides is 1. The first-order valence-electron chi connectivity index (χ1n) is 7.65. The standard InChI is InChI=1S/C17H18ClFN2O2S/c1-13-11-16(5-6-17(13)19)24(22,23)21-9-7-20(8-10-21)15-4-2-3-14(18)12-15/h2-6,11-12H,7-10H2,1H3. The van der Waals surface area contributed by atoms with Crippen molar-refractivity contribution in [1.29, 1.82) is 0 Å². The summed E-state index contributed by atoms with van der Waals surface area (Å²) in [6, 6.07) is 11.4. The molecule has 2 aromatic rings. The SMILES string of the molecule is Cc1cc(S(=O)(=O)N2CCN(c3cccc(Cl)c3)CC2)ccc1F. The zero-order valence-corrected chi connectivity index (χ0v) is 14.8. The third-order valence-corrected chi connectivity index (χ3v) is 6.31. The molecule has 0 aromatic heterocycles. The highest BCUT2D eigenvalue weighted by Crippen LogP contribution is 2.24. The molecule has 128 valence electrons. The molecule has 0 atom stereocenters. The summed E-state index contributed by atoms with van der Waals surface area (Å²) < 4.78 is 40.2. The molecular formula is C17H18ClFN2O2S. The van der Waals surface area contributed by atoms with Gasteiger partial charge in [-0.15, -0.1) is 0 Å². The molecule has 1 aliphatic heterocycles. The quantitative estimate of drug-likeness (QED) is 0.834. The smallest absolute Gasteiger partial charge is 0.243 e. The van der Waals surface area contributed by atoms with Crippen LogP contribution in [0.4, 0.5) is 10.1 Å². The van der Waals surface area contributed by atoms with Gasteiger partial charge in [0.15, 0.2) is 0 Å². The van der Waals surface area contributed by atoms with E-state index < -0.39 is 15.8 Å². The normalized spacial score (nSPS) is 16.4. The van der Waals surface area contributed by atoms with Crippen LogP contribution in [0, 0.1) is 12.7 Å².